The number of esters is 2. The molecule has 2 amide bonds. The van der Waals surface area contributed by atoms with Crippen LogP contribution in [0.15, 0.2) is 60.8 Å². The summed E-state index contributed by atoms with van der Waals surface area (Å²) in [5.74, 6) is -0.583. The highest BCUT2D eigenvalue weighted by Crippen LogP contribution is 2.40. The van der Waals surface area contributed by atoms with E-state index in [0.717, 1.165) is 5.56 Å². The first-order valence-electron chi connectivity index (χ1n) is 15.6. The van der Waals surface area contributed by atoms with Gasteiger partial charge in [-0.2, -0.15) is 5.10 Å². The van der Waals surface area contributed by atoms with Crippen LogP contribution in [-0.4, -0.2) is 70.3 Å². The number of piperidine rings is 1. The molecule has 45 heavy (non-hydrogen) atoms. The zero-order valence-electron chi connectivity index (χ0n) is 25.5. The van der Waals surface area contributed by atoms with E-state index in [2.05, 4.69) is 22.5 Å². The molecule has 3 aliphatic rings. The van der Waals surface area contributed by atoms with Crippen molar-refractivity contribution in [3.05, 3.63) is 83.2 Å². The number of aromatic nitrogens is 2. The number of carbonyl (C=O) groups is 4. The molecule has 2 aliphatic heterocycles. The van der Waals surface area contributed by atoms with Crippen molar-refractivity contribution < 1.29 is 33.4 Å². The van der Waals surface area contributed by atoms with Crippen LogP contribution < -0.4 is 10.1 Å². The Labute approximate surface area is 261 Å². The number of rotatable bonds is 10. The second-order valence-corrected chi connectivity index (χ2v) is 12.2. The fourth-order valence-corrected chi connectivity index (χ4v) is 5.93. The predicted octanol–water partition coefficient (Wildman–Crippen LogP) is 3.95. The topological polar surface area (TPSA) is 129 Å². The van der Waals surface area contributed by atoms with E-state index in [4.69, 9.17) is 14.2 Å². The number of aryl methyl sites for hydroxylation is 1. The smallest absolute Gasteiger partial charge is 0.338 e. The highest BCUT2D eigenvalue weighted by atomic mass is 16.5. The van der Waals surface area contributed by atoms with E-state index < -0.39 is 30.1 Å². The third kappa shape index (κ3) is 7.35. The number of hydrogen-bond donors (Lipinski definition) is 1. The van der Waals surface area contributed by atoms with E-state index >= 15 is 0 Å². The molecule has 1 aliphatic carbocycles. The Morgan fingerprint density at radius 3 is 2.42 bits per heavy atom. The average Bonchev–Trinajstić information content (AvgIpc) is 3.66. The summed E-state index contributed by atoms with van der Waals surface area (Å²) in [5.41, 5.74) is 2.91. The van der Waals surface area contributed by atoms with Crippen LogP contribution in [0.1, 0.15) is 83.0 Å². The third-order valence-corrected chi connectivity index (χ3v) is 8.60. The van der Waals surface area contributed by atoms with Gasteiger partial charge in [-0.15, -0.1) is 0 Å². The van der Waals surface area contributed by atoms with Gasteiger partial charge < -0.3 is 24.4 Å². The Morgan fingerprint density at radius 1 is 1.02 bits per heavy atom. The maximum atomic E-state index is 13.0. The molecule has 2 aromatic carbocycles. The maximum absolute atomic E-state index is 13.0. The molecule has 4 atom stereocenters. The Kier molecular flexibility index (Phi) is 8.86. The van der Waals surface area contributed by atoms with Crippen LogP contribution in [0.25, 0.3) is 0 Å². The molecule has 3 fully saturated rings. The van der Waals surface area contributed by atoms with Gasteiger partial charge in [0, 0.05) is 19.8 Å². The summed E-state index contributed by atoms with van der Waals surface area (Å²) in [6, 6.07) is 16.3. The number of hydrogen-bond acceptors (Lipinski definition) is 8. The van der Waals surface area contributed by atoms with Crippen LogP contribution in [0.5, 0.6) is 5.75 Å². The molecule has 1 saturated carbocycles. The fraction of sp³-hybridized carbons (Fsp3) is 0.441. The lowest BCUT2D eigenvalue weighted by Gasteiger charge is -2.33. The van der Waals surface area contributed by atoms with Crippen molar-refractivity contribution in [3.8, 4) is 5.75 Å². The molecule has 0 radical (unpaired) electrons. The zero-order valence-corrected chi connectivity index (χ0v) is 25.5. The highest BCUT2D eigenvalue weighted by Gasteiger charge is 2.36. The van der Waals surface area contributed by atoms with E-state index in [-0.39, 0.29) is 30.8 Å². The van der Waals surface area contributed by atoms with Crippen molar-refractivity contribution in [2.24, 2.45) is 13.0 Å². The standard InChI is InChI=1S/C34H38N4O7/c1-21(35-32(40)29-15-17-37(2)36-29)31(24-9-7-23(8-10-24)22-5-6-22)44-27-13-11-25(12-14-27)34(42)45-28-4-3-16-38(19-28)33(41)26-18-30(39)43-20-26/h7-15,17,21-22,26,28,31H,3-6,16,18-20H2,1-2H3,(H,35,40)/t21-,26+,28-,31-/m0/s1. The average molecular weight is 615 g/mol. The van der Waals surface area contributed by atoms with Gasteiger partial charge in [-0.25, -0.2) is 4.79 Å². The second-order valence-electron chi connectivity index (χ2n) is 12.2. The first-order valence-corrected chi connectivity index (χ1v) is 15.6. The van der Waals surface area contributed by atoms with Crippen molar-refractivity contribution in [1.82, 2.24) is 20.0 Å². The number of ether oxygens (including phenoxy) is 3. The Balaban J connectivity index is 1.10. The minimum Gasteiger partial charge on any atom is -0.484 e. The van der Waals surface area contributed by atoms with Gasteiger partial charge in [0.15, 0.2) is 0 Å². The zero-order chi connectivity index (χ0) is 31.5. The van der Waals surface area contributed by atoms with E-state index in [1.165, 1.54) is 18.4 Å². The highest BCUT2D eigenvalue weighted by molar-refractivity contribution is 5.92. The van der Waals surface area contributed by atoms with Gasteiger partial charge in [0.2, 0.25) is 5.91 Å². The second kappa shape index (κ2) is 13.1. The molecular weight excluding hydrogens is 576 g/mol. The molecule has 11 nitrogen and oxygen atoms in total. The normalized spacial score (nSPS) is 21.0. The molecule has 0 spiro atoms. The summed E-state index contributed by atoms with van der Waals surface area (Å²) in [7, 11) is 1.76. The molecule has 0 bridgehead atoms. The van der Waals surface area contributed by atoms with E-state index in [1.807, 2.05) is 19.1 Å². The number of cyclic esters (lactones) is 1. The molecular formula is C34H38N4O7. The van der Waals surface area contributed by atoms with E-state index in [1.54, 1.807) is 53.2 Å². The van der Waals surface area contributed by atoms with Gasteiger partial charge in [0.1, 0.15) is 30.3 Å². The number of likely N-dealkylation sites (tertiary alicyclic amines) is 1. The monoisotopic (exact) mass is 614 g/mol. The van der Waals surface area contributed by atoms with Gasteiger partial charge in [-0.05, 0) is 80.0 Å². The number of nitrogens with one attached hydrogen (secondary N) is 1. The first kappa shape index (κ1) is 30.4. The lowest BCUT2D eigenvalue weighted by molar-refractivity contribution is -0.139. The van der Waals surface area contributed by atoms with Gasteiger partial charge in [-0.1, -0.05) is 24.3 Å². The predicted molar refractivity (Wildman–Crippen MR) is 162 cm³/mol. The van der Waals surface area contributed by atoms with Crippen LogP contribution in [0, 0.1) is 5.92 Å². The van der Waals surface area contributed by atoms with Crippen LogP contribution in [-0.2, 0) is 26.1 Å². The van der Waals surface area contributed by atoms with Crippen LogP contribution in [0.3, 0.4) is 0 Å². The lowest BCUT2D eigenvalue weighted by Crippen LogP contribution is -2.46. The van der Waals surface area contributed by atoms with Crippen molar-refractivity contribution in [1.29, 1.82) is 0 Å². The van der Waals surface area contributed by atoms with Crippen molar-refractivity contribution in [2.75, 3.05) is 19.7 Å². The van der Waals surface area contributed by atoms with Crippen molar-refractivity contribution in [3.63, 3.8) is 0 Å². The quantitative estimate of drug-likeness (QED) is 0.340. The third-order valence-electron chi connectivity index (χ3n) is 8.60. The maximum Gasteiger partial charge on any atom is 0.338 e. The molecule has 2 saturated heterocycles. The van der Waals surface area contributed by atoms with Gasteiger partial charge >= 0.3 is 11.9 Å². The Morgan fingerprint density at radius 2 is 1.78 bits per heavy atom. The summed E-state index contributed by atoms with van der Waals surface area (Å²) in [6.07, 6.45) is 4.65. The molecule has 1 N–H and O–H groups in total. The fourth-order valence-electron chi connectivity index (χ4n) is 5.93. The minimum absolute atomic E-state index is 0.0935. The van der Waals surface area contributed by atoms with Crippen molar-refractivity contribution in [2.45, 2.75) is 63.2 Å². The largest absolute Gasteiger partial charge is 0.484 e. The molecule has 1 aromatic heterocycles. The lowest BCUT2D eigenvalue weighted by atomic mass is 10.00. The molecule has 11 heteroatoms. The first-order chi connectivity index (χ1) is 21.7. The minimum atomic E-state index is -0.505. The Bertz CT molecular complexity index is 1550. The molecule has 6 rings (SSSR count). The van der Waals surface area contributed by atoms with Crippen LogP contribution >= 0.6 is 0 Å². The van der Waals surface area contributed by atoms with Gasteiger partial charge in [-0.3, -0.25) is 19.1 Å². The number of nitrogens with zero attached hydrogens (tertiary/aromatic N) is 3. The van der Waals surface area contributed by atoms with Crippen LogP contribution in [0.2, 0.25) is 0 Å². The number of benzene rings is 2. The SMILES string of the molecule is C[C@H](NC(=O)c1ccn(C)n1)[C@H](Oc1ccc(C(=O)O[C@H]2CCCN(C(=O)[C@H]3COC(=O)C3)C2)cc1)c1ccc(C2CC2)cc1. The summed E-state index contributed by atoms with van der Waals surface area (Å²) in [6.45, 7) is 2.85. The molecule has 0 unspecified atom stereocenters. The summed E-state index contributed by atoms with van der Waals surface area (Å²) in [5, 5.41) is 7.22. The number of amides is 2. The molecule has 3 aromatic rings. The summed E-state index contributed by atoms with van der Waals surface area (Å²) >= 11 is 0. The van der Waals surface area contributed by atoms with Gasteiger partial charge in [0.05, 0.1) is 30.5 Å². The number of carbonyl (C=O) groups excluding carboxylic acids is 4. The Hall–Kier alpha value is -4.67. The van der Waals surface area contributed by atoms with Gasteiger partial charge in [0.25, 0.3) is 5.91 Å². The van der Waals surface area contributed by atoms with E-state index in [9.17, 15) is 19.2 Å². The van der Waals surface area contributed by atoms with Crippen molar-refractivity contribution >= 4 is 23.8 Å². The van der Waals surface area contributed by atoms with Crippen LogP contribution in [0.4, 0.5) is 0 Å². The molecule has 236 valence electrons. The summed E-state index contributed by atoms with van der Waals surface area (Å²) < 4.78 is 18.7. The molecule has 3 heterocycles. The summed E-state index contributed by atoms with van der Waals surface area (Å²) in [4.78, 5) is 51.8. The van der Waals surface area contributed by atoms with E-state index in [0.29, 0.717) is 48.9 Å².